The maximum atomic E-state index is 11.1. The predicted molar refractivity (Wildman–Crippen MR) is 53.8 cm³/mol. The van der Waals surface area contributed by atoms with Crippen LogP contribution in [0.25, 0.3) is 0 Å². The molecule has 0 fully saturated rings. The molecule has 0 aromatic heterocycles. The van der Waals surface area contributed by atoms with Gasteiger partial charge in [0.2, 0.25) is 0 Å². The molecule has 0 unspecified atom stereocenters. The number of hydrogen-bond donors (Lipinski definition) is 2. The third-order valence-electron chi connectivity index (χ3n) is 1.31. The van der Waals surface area contributed by atoms with Crippen LogP contribution in [0.2, 0.25) is 0 Å². The van der Waals surface area contributed by atoms with Crippen LogP contribution in [0.4, 0.5) is 0 Å². The summed E-state index contributed by atoms with van der Waals surface area (Å²) in [6, 6.07) is 0. The third kappa shape index (κ3) is 6.51. The summed E-state index contributed by atoms with van der Waals surface area (Å²) in [6.07, 6.45) is 0. The molecular weight excluding hydrogens is 240 g/mol. The Kier molecular flexibility index (Phi) is 6.90. The molecule has 0 rings (SSSR count). The van der Waals surface area contributed by atoms with Crippen LogP contribution in [0.5, 0.6) is 0 Å². The van der Waals surface area contributed by atoms with Crippen LogP contribution in [0, 0.1) is 0 Å². The summed E-state index contributed by atoms with van der Waals surface area (Å²) in [7, 11) is -4.00. The molecule has 16 heavy (non-hydrogen) atoms. The Morgan fingerprint density at radius 1 is 1.25 bits per heavy atom. The normalized spacial score (nSPS) is 12.6. The first-order valence-electron chi connectivity index (χ1n) is 4.39. The van der Waals surface area contributed by atoms with Crippen LogP contribution in [-0.2, 0) is 23.8 Å². The monoisotopic (exact) mass is 254 g/mol. The first kappa shape index (κ1) is 15.0. The predicted octanol–water partition coefficient (Wildman–Crippen LogP) is -1.24. The van der Waals surface area contributed by atoms with Gasteiger partial charge in [0.25, 0.3) is 10.1 Å². The Bertz CT molecular complexity index is 343. The van der Waals surface area contributed by atoms with E-state index in [9.17, 15) is 13.2 Å². The van der Waals surface area contributed by atoms with E-state index in [-0.39, 0.29) is 25.4 Å². The molecule has 0 atom stereocenters. The molecule has 2 N–H and O–H groups in total. The molecule has 7 nitrogen and oxygen atoms in total. The number of hydrogen-bond acceptors (Lipinski definition) is 7. The highest BCUT2D eigenvalue weighted by atomic mass is 32.2. The van der Waals surface area contributed by atoms with E-state index in [4.69, 9.17) is 10.2 Å². The van der Waals surface area contributed by atoms with Crippen molar-refractivity contribution in [1.82, 2.24) is 0 Å². The summed E-state index contributed by atoms with van der Waals surface area (Å²) in [5.74, 6) is -0.856. The molecule has 0 saturated carbocycles. The molecule has 0 heterocycles. The summed E-state index contributed by atoms with van der Waals surface area (Å²) < 4.78 is 31.0. The van der Waals surface area contributed by atoms with E-state index >= 15 is 0 Å². The van der Waals surface area contributed by atoms with Crippen molar-refractivity contribution in [2.24, 2.45) is 0 Å². The quantitative estimate of drug-likeness (QED) is 0.332. The zero-order chi connectivity index (χ0) is 12.6. The van der Waals surface area contributed by atoms with E-state index in [0.29, 0.717) is 5.41 Å². The van der Waals surface area contributed by atoms with Gasteiger partial charge in [0.15, 0.2) is 0 Å². The zero-order valence-corrected chi connectivity index (χ0v) is 9.57. The van der Waals surface area contributed by atoms with Crippen molar-refractivity contribution in [2.45, 2.75) is 6.92 Å². The second-order valence-corrected chi connectivity index (χ2v) is 4.16. The van der Waals surface area contributed by atoms with Crippen molar-refractivity contribution in [2.75, 3.05) is 26.4 Å². The molecular formula is C8H14O7S. The van der Waals surface area contributed by atoms with Gasteiger partial charge in [-0.3, -0.25) is 4.18 Å². The fraction of sp³-hybridized carbons (Fsp3) is 0.625. The summed E-state index contributed by atoms with van der Waals surface area (Å²) in [5, 5.41) is 17.3. The number of rotatable bonds is 7. The number of aliphatic hydroxyl groups is 2. The van der Waals surface area contributed by atoms with Gasteiger partial charge in [0, 0.05) is 5.57 Å². The maximum absolute atomic E-state index is 11.1. The van der Waals surface area contributed by atoms with Crippen molar-refractivity contribution in [3.05, 3.63) is 11.0 Å². The van der Waals surface area contributed by atoms with E-state index in [2.05, 4.69) is 8.92 Å². The average Bonchev–Trinajstić information content (AvgIpc) is 2.22. The van der Waals surface area contributed by atoms with Crippen LogP contribution >= 0.6 is 0 Å². The average molecular weight is 254 g/mol. The van der Waals surface area contributed by atoms with Crippen molar-refractivity contribution in [1.29, 1.82) is 0 Å². The topological polar surface area (TPSA) is 110 Å². The molecule has 0 aromatic carbocycles. The Hall–Kier alpha value is -0.960. The number of carbonyl (C=O) groups excluding carboxylic acids is 1. The first-order chi connectivity index (χ1) is 7.43. The lowest BCUT2D eigenvalue weighted by Gasteiger charge is -2.03. The van der Waals surface area contributed by atoms with Gasteiger partial charge in [-0.25, -0.2) is 4.79 Å². The Morgan fingerprint density at radius 2 is 1.81 bits per heavy atom. The molecule has 8 heteroatoms. The summed E-state index contributed by atoms with van der Waals surface area (Å²) >= 11 is 0. The third-order valence-corrected chi connectivity index (χ3v) is 2.44. The first-order valence-corrected chi connectivity index (χ1v) is 5.86. The van der Waals surface area contributed by atoms with Gasteiger partial charge >= 0.3 is 5.97 Å². The maximum Gasteiger partial charge on any atom is 0.334 e. The Morgan fingerprint density at radius 3 is 2.31 bits per heavy atom. The minimum absolute atomic E-state index is 0.175. The van der Waals surface area contributed by atoms with E-state index in [1.54, 1.807) is 0 Å². The van der Waals surface area contributed by atoms with Crippen LogP contribution < -0.4 is 0 Å². The molecule has 0 spiro atoms. The number of carbonyl (C=O) groups is 1. The molecule has 0 bridgehead atoms. The van der Waals surface area contributed by atoms with Crippen LogP contribution in [0.3, 0.4) is 0 Å². The largest absolute Gasteiger partial charge is 0.460 e. The number of esters is 1. The van der Waals surface area contributed by atoms with E-state index in [1.165, 1.54) is 6.92 Å². The van der Waals surface area contributed by atoms with Crippen LogP contribution in [-0.4, -0.2) is 51.0 Å². The van der Waals surface area contributed by atoms with E-state index < -0.39 is 22.7 Å². The Balaban J connectivity index is 4.45. The minimum Gasteiger partial charge on any atom is -0.460 e. The number of ether oxygens (including phenoxy) is 1. The lowest BCUT2D eigenvalue weighted by molar-refractivity contribution is -0.139. The van der Waals surface area contributed by atoms with Crippen molar-refractivity contribution in [3.8, 4) is 0 Å². The van der Waals surface area contributed by atoms with E-state index in [0.717, 1.165) is 0 Å². The van der Waals surface area contributed by atoms with Gasteiger partial charge in [-0.15, -0.1) is 0 Å². The van der Waals surface area contributed by atoms with Crippen molar-refractivity contribution < 1.29 is 32.3 Å². The molecule has 0 saturated heterocycles. The van der Waals surface area contributed by atoms with E-state index in [1.807, 2.05) is 0 Å². The van der Waals surface area contributed by atoms with Gasteiger partial charge < -0.3 is 14.9 Å². The fourth-order valence-electron chi connectivity index (χ4n) is 0.704. The van der Waals surface area contributed by atoms with Gasteiger partial charge in [-0.2, -0.15) is 8.42 Å². The van der Waals surface area contributed by atoms with Crippen molar-refractivity contribution >= 4 is 16.1 Å². The van der Waals surface area contributed by atoms with Gasteiger partial charge in [-0.1, -0.05) is 0 Å². The van der Waals surface area contributed by atoms with Crippen LogP contribution in [0.1, 0.15) is 6.92 Å². The summed E-state index contributed by atoms with van der Waals surface area (Å²) in [4.78, 5) is 11.1. The van der Waals surface area contributed by atoms with Gasteiger partial charge in [0.1, 0.15) is 6.61 Å². The SMILES string of the molecule is CC(=CS(=O)(=O)OCCO)C(=O)OCCO. The molecule has 0 aliphatic heterocycles. The lowest BCUT2D eigenvalue weighted by Crippen LogP contribution is -2.12. The lowest BCUT2D eigenvalue weighted by atomic mass is 10.4. The highest BCUT2D eigenvalue weighted by Gasteiger charge is 2.12. The summed E-state index contributed by atoms with van der Waals surface area (Å²) in [6.45, 7) is -0.132. The molecule has 0 radical (unpaired) electrons. The molecule has 0 aliphatic rings. The Labute approximate surface area is 93.4 Å². The standard InChI is InChI=1S/C8H14O7S/c1-7(8(11)14-4-2-9)6-16(12,13)15-5-3-10/h6,9-10H,2-5H2,1H3. The molecule has 0 aromatic rings. The van der Waals surface area contributed by atoms with Crippen molar-refractivity contribution in [3.63, 3.8) is 0 Å². The second kappa shape index (κ2) is 7.34. The second-order valence-electron chi connectivity index (χ2n) is 2.70. The smallest absolute Gasteiger partial charge is 0.334 e. The van der Waals surface area contributed by atoms with Crippen LogP contribution in [0.15, 0.2) is 11.0 Å². The molecule has 0 aliphatic carbocycles. The molecule has 0 amide bonds. The molecule has 94 valence electrons. The highest BCUT2D eigenvalue weighted by molar-refractivity contribution is 7.89. The van der Waals surface area contributed by atoms with Gasteiger partial charge in [-0.05, 0) is 6.92 Å². The van der Waals surface area contributed by atoms with Gasteiger partial charge in [0.05, 0.1) is 25.2 Å². The highest BCUT2D eigenvalue weighted by Crippen LogP contribution is 2.03. The number of aliphatic hydroxyl groups excluding tert-OH is 2. The zero-order valence-electron chi connectivity index (χ0n) is 8.75. The fourth-order valence-corrected chi connectivity index (χ4v) is 1.61. The summed E-state index contributed by atoms with van der Waals surface area (Å²) in [5.41, 5.74) is -0.175. The minimum atomic E-state index is -4.00.